The third-order valence-corrected chi connectivity index (χ3v) is 3.63. The van der Waals surface area contributed by atoms with Crippen molar-refractivity contribution in [3.63, 3.8) is 0 Å². The molecule has 0 aliphatic heterocycles. The quantitative estimate of drug-likeness (QED) is 0.338. The van der Waals surface area contributed by atoms with E-state index in [0.717, 1.165) is 38.4 Å². The lowest BCUT2D eigenvalue weighted by Crippen LogP contribution is -2.38. The van der Waals surface area contributed by atoms with Gasteiger partial charge in [-0.3, -0.25) is 4.79 Å². The number of unbranched alkanes of at least 4 members (excludes halogenated alkanes) is 2. The first kappa shape index (κ1) is 20.1. The van der Waals surface area contributed by atoms with Crippen molar-refractivity contribution in [2.45, 2.75) is 64.8 Å². The van der Waals surface area contributed by atoms with E-state index < -0.39 is 5.97 Å². The summed E-state index contributed by atoms with van der Waals surface area (Å²) in [5.74, 6) is -0.286. The third kappa shape index (κ3) is 11.4. The Morgan fingerprint density at radius 3 is 2.48 bits per heavy atom. The zero-order valence-electron chi connectivity index (χ0n) is 13.5. The molecular weight excluding hydrogens is 268 g/mol. The number of aliphatic carboxylic acids is 1. The molecule has 4 N–H and O–H groups in total. The van der Waals surface area contributed by atoms with Crippen molar-refractivity contribution in [3.05, 3.63) is 0 Å². The van der Waals surface area contributed by atoms with Gasteiger partial charge in [-0.1, -0.05) is 26.7 Å². The van der Waals surface area contributed by atoms with Gasteiger partial charge < -0.3 is 21.0 Å². The number of carboxylic acid groups (broad SMARTS) is 1. The van der Waals surface area contributed by atoms with Gasteiger partial charge in [0.2, 0.25) is 0 Å². The largest absolute Gasteiger partial charge is 0.481 e. The summed E-state index contributed by atoms with van der Waals surface area (Å²) in [5.41, 5.74) is 5.50. The Kier molecular flexibility index (Phi) is 12.2. The average Bonchev–Trinajstić information content (AvgIpc) is 2.42. The molecule has 124 valence electrons. The number of carbonyl (C=O) groups excluding carboxylic acids is 1. The monoisotopic (exact) mass is 300 g/mol. The van der Waals surface area contributed by atoms with Crippen LogP contribution in [-0.4, -0.2) is 36.5 Å². The van der Waals surface area contributed by atoms with Crippen molar-refractivity contribution in [2.24, 2.45) is 17.6 Å². The summed E-state index contributed by atoms with van der Waals surface area (Å²) in [6, 6.07) is 0.150. The van der Waals surface area contributed by atoms with Crippen LogP contribution in [-0.2, 0) is 9.59 Å². The van der Waals surface area contributed by atoms with Crippen LogP contribution in [0.3, 0.4) is 0 Å². The molecule has 0 aromatic carbocycles. The molecule has 0 aromatic heterocycles. The van der Waals surface area contributed by atoms with Gasteiger partial charge in [-0.2, -0.15) is 0 Å². The number of nitrogens with two attached hydrogens (primary N) is 1. The number of hydrogen-bond acceptors (Lipinski definition) is 4. The standard InChI is InChI=1S/C16H32N2O3/c1-13(2)11-14(12-19)15(7-4-3-5-9-17)18-10-6-8-16(20)21/h12-15,18H,3-11,17H2,1-2H3,(H,20,21). The highest BCUT2D eigenvalue weighted by Gasteiger charge is 2.21. The van der Waals surface area contributed by atoms with E-state index in [9.17, 15) is 9.59 Å². The van der Waals surface area contributed by atoms with E-state index in [0.29, 0.717) is 25.4 Å². The van der Waals surface area contributed by atoms with Crippen LogP contribution in [0, 0.1) is 11.8 Å². The molecule has 0 radical (unpaired) electrons. The topological polar surface area (TPSA) is 92.4 Å². The Morgan fingerprint density at radius 1 is 1.24 bits per heavy atom. The van der Waals surface area contributed by atoms with E-state index >= 15 is 0 Å². The Balaban J connectivity index is 4.29. The van der Waals surface area contributed by atoms with Gasteiger partial charge in [0, 0.05) is 18.4 Å². The fraction of sp³-hybridized carbons (Fsp3) is 0.875. The molecule has 0 fully saturated rings. The lowest BCUT2D eigenvalue weighted by atomic mass is 9.88. The van der Waals surface area contributed by atoms with Gasteiger partial charge in [0.15, 0.2) is 0 Å². The van der Waals surface area contributed by atoms with Gasteiger partial charge >= 0.3 is 5.97 Å². The highest BCUT2D eigenvalue weighted by Crippen LogP contribution is 2.18. The Morgan fingerprint density at radius 2 is 1.95 bits per heavy atom. The molecule has 5 heteroatoms. The van der Waals surface area contributed by atoms with E-state index in [1.807, 2.05) is 0 Å². The number of carboxylic acids is 1. The van der Waals surface area contributed by atoms with Gasteiger partial charge in [-0.15, -0.1) is 0 Å². The molecule has 0 aliphatic carbocycles. The van der Waals surface area contributed by atoms with Gasteiger partial charge in [0.25, 0.3) is 0 Å². The molecule has 0 heterocycles. The van der Waals surface area contributed by atoms with Crippen molar-refractivity contribution >= 4 is 12.3 Å². The van der Waals surface area contributed by atoms with Crippen molar-refractivity contribution < 1.29 is 14.7 Å². The highest BCUT2D eigenvalue weighted by molar-refractivity contribution is 5.66. The zero-order valence-corrected chi connectivity index (χ0v) is 13.5. The van der Waals surface area contributed by atoms with Crippen molar-refractivity contribution in [1.29, 1.82) is 0 Å². The third-order valence-electron chi connectivity index (χ3n) is 3.63. The molecule has 21 heavy (non-hydrogen) atoms. The summed E-state index contributed by atoms with van der Waals surface area (Å²) >= 11 is 0. The van der Waals surface area contributed by atoms with Crippen LogP contribution >= 0.6 is 0 Å². The van der Waals surface area contributed by atoms with E-state index in [-0.39, 0.29) is 18.4 Å². The van der Waals surface area contributed by atoms with Crippen LogP contribution < -0.4 is 11.1 Å². The lowest BCUT2D eigenvalue weighted by Gasteiger charge is -2.25. The van der Waals surface area contributed by atoms with Gasteiger partial charge in [0.05, 0.1) is 0 Å². The van der Waals surface area contributed by atoms with Gasteiger partial charge in [-0.25, -0.2) is 0 Å². The maximum Gasteiger partial charge on any atom is 0.303 e. The Labute approximate surface area is 128 Å². The fourth-order valence-corrected chi connectivity index (χ4v) is 2.54. The molecule has 0 aromatic rings. The lowest BCUT2D eigenvalue weighted by molar-refractivity contribution is -0.137. The minimum absolute atomic E-state index is 0.00713. The Hall–Kier alpha value is -0.940. The van der Waals surface area contributed by atoms with Gasteiger partial charge in [-0.05, 0) is 44.7 Å². The van der Waals surface area contributed by atoms with Crippen molar-refractivity contribution in [3.8, 4) is 0 Å². The molecular formula is C16H32N2O3. The normalized spacial score (nSPS) is 14.1. The first-order valence-electron chi connectivity index (χ1n) is 8.11. The van der Waals surface area contributed by atoms with E-state index in [2.05, 4.69) is 19.2 Å². The smallest absolute Gasteiger partial charge is 0.303 e. The molecule has 0 bridgehead atoms. The van der Waals surface area contributed by atoms with Gasteiger partial charge in [0.1, 0.15) is 6.29 Å². The molecule has 5 nitrogen and oxygen atoms in total. The molecule has 2 unspecified atom stereocenters. The van der Waals surface area contributed by atoms with Crippen LogP contribution in [0.15, 0.2) is 0 Å². The summed E-state index contributed by atoms with van der Waals surface area (Å²) in [4.78, 5) is 21.9. The first-order chi connectivity index (χ1) is 10.0. The average molecular weight is 300 g/mol. The first-order valence-corrected chi connectivity index (χ1v) is 8.11. The predicted molar refractivity (Wildman–Crippen MR) is 85.2 cm³/mol. The van der Waals surface area contributed by atoms with Crippen LogP contribution in [0.2, 0.25) is 0 Å². The fourth-order valence-electron chi connectivity index (χ4n) is 2.54. The van der Waals surface area contributed by atoms with E-state index in [1.54, 1.807) is 0 Å². The maximum atomic E-state index is 11.4. The van der Waals surface area contributed by atoms with Crippen LogP contribution in [0.5, 0.6) is 0 Å². The zero-order chi connectivity index (χ0) is 16.1. The molecule has 0 spiro atoms. The SMILES string of the molecule is CC(C)CC(C=O)C(CCCCCN)NCCCC(=O)O. The van der Waals surface area contributed by atoms with E-state index in [1.165, 1.54) is 0 Å². The van der Waals surface area contributed by atoms with Crippen LogP contribution in [0.1, 0.15) is 58.8 Å². The number of hydrogen-bond donors (Lipinski definition) is 3. The van der Waals surface area contributed by atoms with Crippen LogP contribution in [0.25, 0.3) is 0 Å². The van der Waals surface area contributed by atoms with Crippen molar-refractivity contribution in [2.75, 3.05) is 13.1 Å². The number of carbonyl (C=O) groups is 2. The highest BCUT2D eigenvalue weighted by atomic mass is 16.4. The molecule has 0 amide bonds. The second kappa shape index (κ2) is 12.8. The number of aldehydes is 1. The molecule has 0 saturated heterocycles. The van der Waals surface area contributed by atoms with Crippen LogP contribution in [0.4, 0.5) is 0 Å². The summed E-state index contributed by atoms with van der Waals surface area (Å²) in [6.45, 7) is 5.59. The predicted octanol–water partition coefficient (Wildman–Crippen LogP) is 2.19. The second-order valence-electron chi connectivity index (χ2n) is 6.13. The maximum absolute atomic E-state index is 11.4. The molecule has 0 aliphatic rings. The molecule has 2 atom stereocenters. The minimum Gasteiger partial charge on any atom is -0.481 e. The minimum atomic E-state index is -0.773. The summed E-state index contributed by atoms with van der Waals surface area (Å²) in [7, 11) is 0. The summed E-state index contributed by atoms with van der Waals surface area (Å²) in [5, 5.41) is 12.0. The van der Waals surface area contributed by atoms with Crippen molar-refractivity contribution in [1.82, 2.24) is 5.32 Å². The number of rotatable bonds is 14. The number of nitrogens with one attached hydrogen (secondary N) is 1. The molecule has 0 saturated carbocycles. The summed E-state index contributed by atoms with van der Waals surface area (Å²) < 4.78 is 0. The van der Waals surface area contributed by atoms with E-state index in [4.69, 9.17) is 10.8 Å². The molecule has 0 rings (SSSR count). The summed E-state index contributed by atoms with van der Waals surface area (Å²) in [6.07, 6.45) is 6.79. The second-order valence-corrected chi connectivity index (χ2v) is 6.13. The Bertz CT molecular complexity index is 283.